The van der Waals surface area contributed by atoms with E-state index < -0.39 is 0 Å². The van der Waals surface area contributed by atoms with Crippen LogP contribution in [0.5, 0.6) is 5.75 Å². The summed E-state index contributed by atoms with van der Waals surface area (Å²) in [7, 11) is 0. The fraction of sp³-hybridized carbons (Fsp3) is 0.464. The summed E-state index contributed by atoms with van der Waals surface area (Å²) in [6.07, 6.45) is 7.23. The molecule has 2 bridgehead atoms. The van der Waals surface area contributed by atoms with Gasteiger partial charge in [-0.2, -0.15) is 0 Å². The van der Waals surface area contributed by atoms with Gasteiger partial charge in [0.1, 0.15) is 17.0 Å². The van der Waals surface area contributed by atoms with Gasteiger partial charge >= 0.3 is 0 Å². The van der Waals surface area contributed by atoms with Crippen LogP contribution in [0.15, 0.2) is 36.4 Å². The number of hydrogen-bond donors (Lipinski definition) is 0. The maximum absolute atomic E-state index is 6.60. The highest BCUT2D eigenvalue weighted by molar-refractivity contribution is 7.22. The molecule has 3 heterocycles. The minimum absolute atomic E-state index is 0.205. The molecular formula is C28H27Cl2N5O2S. The van der Waals surface area contributed by atoms with Crippen molar-refractivity contribution in [3.05, 3.63) is 52.1 Å². The molecule has 3 aliphatic carbocycles. The second-order valence-electron chi connectivity index (χ2n) is 11.0. The smallest absolute Gasteiger partial charge is 0.186 e. The molecule has 2 aromatic heterocycles. The molecule has 4 aromatic rings. The zero-order chi connectivity index (χ0) is 25.4. The average Bonchev–Trinajstić information content (AvgIpc) is 3.73. The molecule has 7 nitrogen and oxygen atoms in total. The fourth-order valence-electron chi connectivity index (χ4n) is 6.00. The van der Waals surface area contributed by atoms with E-state index in [1.807, 2.05) is 22.9 Å². The molecule has 0 N–H and O–H groups in total. The van der Waals surface area contributed by atoms with Crippen molar-refractivity contribution in [2.75, 3.05) is 11.4 Å². The number of benzene rings is 2. The van der Waals surface area contributed by atoms with E-state index in [9.17, 15) is 0 Å². The topological polar surface area (TPSA) is 65.3 Å². The van der Waals surface area contributed by atoms with E-state index in [1.165, 1.54) is 4.70 Å². The summed E-state index contributed by atoms with van der Waals surface area (Å²) < 4.78 is 15.9. The minimum atomic E-state index is 0.205. The SMILES string of the molecule is Clc1cccc(Cl)c1-c1nnn(C2CC2)c1CO[C@@H]1C[C@@H]2C[C@H]1CN2c1nc2c(OC3CC3)cccc2s1. The Morgan fingerprint density at radius 1 is 0.974 bits per heavy atom. The lowest BCUT2D eigenvalue weighted by atomic mass is 10.1. The largest absolute Gasteiger partial charge is 0.488 e. The first-order valence-corrected chi connectivity index (χ1v) is 15.0. The van der Waals surface area contributed by atoms with Crippen LogP contribution in [0.1, 0.15) is 50.3 Å². The normalized spacial score (nSPS) is 24.6. The van der Waals surface area contributed by atoms with Crippen LogP contribution in [-0.2, 0) is 11.3 Å². The van der Waals surface area contributed by atoms with Crippen molar-refractivity contribution < 1.29 is 9.47 Å². The molecule has 2 aromatic carbocycles. The van der Waals surface area contributed by atoms with E-state index in [1.54, 1.807) is 11.3 Å². The number of nitrogens with zero attached hydrogens (tertiary/aromatic N) is 5. The molecule has 4 fully saturated rings. The molecule has 10 heteroatoms. The highest BCUT2D eigenvalue weighted by Crippen LogP contribution is 2.46. The molecule has 4 aliphatic rings. The number of aromatic nitrogens is 4. The predicted octanol–water partition coefficient (Wildman–Crippen LogP) is 6.92. The molecule has 1 saturated heterocycles. The van der Waals surface area contributed by atoms with Crippen molar-refractivity contribution in [2.24, 2.45) is 5.92 Å². The van der Waals surface area contributed by atoms with Gasteiger partial charge < -0.3 is 14.4 Å². The Balaban J connectivity index is 0.997. The van der Waals surface area contributed by atoms with Crippen LogP contribution in [0.3, 0.4) is 0 Å². The summed E-state index contributed by atoms with van der Waals surface area (Å²) in [4.78, 5) is 7.53. The zero-order valence-electron chi connectivity index (χ0n) is 20.7. The van der Waals surface area contributed by atoms with Crippen LogP contribution in [-0.4, -0.2) is 44.8 Å². The summed E-state index contributed by atoms with van der Waals surface area (Å²) in [5, 5.41) is 11.2. The number of para-hydroxylation sites is 1. The van der Waals surface area contributed by atoms with E-state index in [0.717, 1.165) is 78.4 Å². The van der Waals surface area contributed by atoms with Crippen molar-refractivity contribution >= 4 is 49.9 Å². The number of halogens is 2. The Bertz CT molecular complexity index is 1510. The number of rotatable bonds is 8. The van der Waals surface area contributed by atoms with Gasteiger partial charge in [0, 0.05) is 24.1 Å². The second-order valence-corrected chi connectivity index (χ2v) is 12.8. The molecule has 0 unspecified atom stereocenters. The Kier molecular flexibility index (Phi) is 5.62. The third-order valence-electron chi connectivity index (χ3n) is 8.23. The van der Waals surface area contributed by atoms with Crippen molar-refractivity contribution in [1.29, 1.82) is 0 Å². The summed E-state index contributed by atoms with van der Waals surface area (Å²) in [6.45, 7) is 1.43. The maximum atomic E-state index is 6.60. The molecule has 8 rings (SSSR count). The van der Waals surface area contributed by atoms with Crippen molar-refractivity contribution in [2.45, 2.75) is 69.4 Å². The Hall–Kier alpha value is -2.39. The molecular weight excluding hydrogens is 541 g/mol. The van der Waals surface area contributed by atoms with Crippen molar-refractivity contribution in [3.63, 3.8) is 0 Å². The van der Waals surface area contributed by atoms with Crippen molar-refractivity contribution in [3.8, 4) is 17.0 Å². The van der Waals surface area contributed by atoms with Crippen LogP contribution in [0.2, 0.25) is 10.0 Å². The van der Waals surface area contributed by atoms with E-state index in [2.05, 4.69) is 33.4 Å². The highest BCUT2D eigenvalue weighted by atomic mass is 35.5. The maximum Gasteiger partial charge on any atom is 0.186 e. The van der Waals surface area contributed by atoms with Crippen LogP contribution < -0.4 is 9.64 Å². The van der Waals surface area contributed by atoms with Gasteiger partial charge in [-0.25, -0.2) is 9.67 Å². The molecule has 38 heavy (non-hydrogen) atoms. The average molecular weight is 569 g/mol. The zero-order valence-corrected chi connectivity index (χ0v) is 23.1. The summed E-state index contributed by atoms with van der Waals surface area (Å²) in [5.74, 6) is 1.40. The summed E-state index contributed by atoms with van der Waals surface area (Å²) in [6, 6.07) is 12.7. The summed E-state index contributed by atoms with van der Waals surface area (Å²) >= 11 is 14.9. The molecule has 0 amide bonds. The van der Waals surface area contributed by atoms with Gasteiger partial charge in [0.15, 0.2) is 5.13 Å². The first-order chi connectivity index (χ1) is 18.6. The van der Waals surface area contributed by atoms with E-state index in [0.29, 0.717) is 40.8 Å². The fourth-order valence-corrected chi connectivity index (χ4v) is 7.64. The van der Waals surface area contributed by atoms with Gasteiger partial charge in [-0.3, -0.25) is 0 Å². The molecule has 0 radical (unpaired) electrons. The number of ether oxygens (including phenoxy) is 2. The predicted molar refractivity (Wildman–Crippen MR) is 149 cm³/mol. The number of hydrogen-bond acceptors (Lipinski definition) is 7. The monoisotopic (exact) mass is 567 g/mol. The Labute approximate surface area is 234 Å². The van der Waals surface area contributed by atoms with Gasteiger partial charge in [-0.15, -0.1) is 5.10 Å². The number of thiazole rings is 1. The van der Waals surface area contributed by atoms with E-state index >= 15 is 0 Å². The Morgan fingerprint density at radius 2 is 1.79 bits per heavy atom. The Morgan fingerprint density at radius 3 is 2.53 bits per heavy atom. The number of fused-ring (bicyclic) bond motifs is 3. The van der Waals surface area contributed by atoms with E-state index in [-0.39, 0.29) is 6.10 Å². The molecule has 3 atom stereocenters. The summed E-state index contributed by atoms with van der Waals surface area (Å²) in [5.41, 5.74) is 3.44. The van der Waals surface area contributed by atoms with Gasteiger partial charge in [0.25, 0.3) is 0 Å². The van der Waals surface area contributed by atoms with Crippen LogP contribution >= 0.6 is 34.5 Å². The molecule has 196 valence electrons. The molecule has 1 aliphatic heterocycles. The van der Waals surface area contributed by atoms with Gasteiger partial charge in [0.05, 0.1) is 45.3 Å². The lowest BCUT2D eigenvalue weighted by Gasteiger charge is -2.31. The first kappa shape index (κ1) is 23.5. The lowest BCUT2D eigenvalue weighted by Crippen LogP contribution is -2.38. The third-order valence-corrected chi connectivity index (χ3v) is 9.92. The van der Waals surface area contributed by atoms with Crippen LogP contribution in [0, 0.1) is 5.92 Å². The lowest BCUT2D eigenvalue weighted by molar-refractivity contribution is 0.00958. The minimum Gasteiger partial charge on any atom is -0.488 e. The van der Waals surface area contributed by atoms with Crippen LogP contribution in [0.25, 0.3) is 21.5 Å². The number of piperidine rings is 1. The van der Waals surface area contributed by atoms with Gasteiger partial charge in [-0.1, -0.05) is 51.9 Å². The molecule has 3 saturated carbocycles. The quantitative estimate of drug-likeness (QED) is 0.230. The molecule has 0 spiro atoms. The highest BCUT2D eigenvalue weighted by Gasteiger charge is 2.46. The van der Waals surface area contributed by atoms with Gasteiger partial charge in [0.2, 0.25) is 0 Å². The van der Waals surface area contributed by atoms with Crippen LogP contribution in [0.4, 0.5) is 5.13 Å². The number of anilines is 1. The first-order valence-electron chi connectivity index (χ1n) is 13.5. The van der Waals surface area contributed by atoms with Crippen molar-refractivity contribution in [1.82, 2.24) is 20.0 Å². The standard InChI is InChI=1S/C28H27Cl2N5O2S/c29-19-3-1-4-20(30)25(19)26-21(35(33-32-26)16-7-8-16)14-36-23-12-17-11-15(23)13-34(17)28-31-27-22(37-18-9-10-18)5-2-6-24(27)38-28/h1-6,15-18,23H,7-14H2/t15-,17-,23+/m0/s1. The van der Waals surface area contributed by atoms with E-state index in [4.69, 9.17) is 37.7 Å². The second kappa shape index (κ2) is 9.08. The van der Waals surface area contributed by atoms with Gasteiger partial charge in [-0.05, 0) is 62.8 Å². The third kappa shape index (κ3) is 4.08.